The summed E-state index contributed by atoms with van der Waals surface area (Å²) >= 11 is 0. The summed E-state index contributed by atoms with van der Waals surface area (Å²) in [6, 6.07) is 28.4. The molecule has 0 aliphatic rings. The van der Waals surface area contributed by atoms with Gasteiger partial charge in [0.15, 0.2) is 0 Å². The molecule has 0 unspecified atom stereocenters. The Hall–Kier alpha value is -3.11. The first-order valence-corrected chi connectivity index (χ1v) is 9.47. The standard InChI is InChI=1S/C24H27N3O/c1-26(2)23-15-13-22(14-16-23)25-24(28)19-27(17-20-9-5-3-6-10-20)18-21-11-7-4-8-12-21/h3-16H,17-19H2,1-2H3,(H,25,28). The number of nitrogens with one attached hydrogen (secondary N) is 1. The lowest BCUT2D eigenvalue weighted by molar-refractivity contribution is -0.117. The van der Waals surface area contributed by atoms with Crippen molar-refractivity contribution in [3.63, 3.8) is 0 Å². The summed E-state index contributed by atoms with van der Waals surface area (Å²) in [5.74, 6) is -0.00975. The van der Waals surface area contributed by atoms with Crippen LogP contribution in [0.15, 0.2) is 84.9 Å². The molecule has 3 aromatic carbocycles. The lowest BCUT2D eigenvalue weighted by Crippen LogP contribution is -2.32. The van der Waals surface area contributed by atoms with Gasteiger partial charge < -0.3 is 10.2 Å². The molecular weight excluding hydrogens is 346 g/mol. The first kappa shape index (κ1) is 19.6. The van der Waals surface area contributed by atoms with E-state index < -0.39 is 0 Å². The summed E-state index contributed by atoms with van der Waals surface area (Å²) in [5.41, 5.74) is 4.31. The summed E-state index contributed by atoms with van der Waals surface area (Å²) < 4.78 is 0. The van der Waals surface area contributed by atoms with Crippen LogP contribution in [0.2, 0.25) is 0 Å². The molecule has 4 heteroatoms. The number of carbonyl (C=O) groups is 1. The minimum Gasteiger partial charge on any atom is -0.378 e. The van der Waals surface area contributed by atoms with Crippen molar-refractivity contribution in [2.24, 2.45) is 0 Å². The van der Waals surface area contributed by atoms with Crippen LogP contribution in [0.3, 0.4) is 0 Å². The second-order valence-electron chi connectivity index (χ2n) is 7.11. The predicted molar refractivity (Wildman–Crippen MR) is 116 cm³/mol. The number of anilines is 2. The molecule has 0 heterocycles. The molecule has 144 valence electrons. The van der Waals surface area contributed by atoms with Gasteiger partial charge in [0.2, 0.25) is 5.91 Å². The van der Waals surface area contributed by atoms with Crippen molar-refractivity contribution < 1.29 is 4.79 Å². The normalized spacial score (nSPS) is 10.7. The van der Waals surface area contributed by atoms with Gasteiger partial charge in [0.05, 0.1) is 6.54 Å². The van der Waals surface area contributed by atoms with E-state index >= 15 is 0 Å². The van der Waals surface area contributed by atoms with Crippen LogP contribution in [0, 0.1) is 0 Å². The Balaban J connectivity index is 1.66. The highest BCUT2D eigenvalue weighted by Crippen LogP contribution is 2.16. The van der Waals surface area contributed by atoms with Crippen LogP contribution in [0.4, 0.5) is 11.4 Å². The van der Waals surface area contributed by atoms with E-state index in [1.807, 2.05) is 79.7 Å². The van der Waals surface area contributed by atoms with Crippen LogP contribution in [-0.4, -0.2) is 31.4 Å². The number of hydrogen-bond donors (Lipinski definition) is 1. The summed E-state index contributed by atoms with van der Waals surface area (Å²) in [4.78, 5) is 16.9. The van der Waals surface area contributed by atoms with E-state index in [4.69, 9.17) is 0 Å². The number of hydrogen-bond acceptors (Lipinski definition) is 3. The van der Waals surface area contributed by atoms with Crippen LogP contribution >= 0.6 is 0 Å². The minimum atomic E-state index is -0.00975. The fourth-order valence-electron chi connectivity index (χ4n) is 3.10. The summed E-state index contributed by atoms with van der Waals surface area (Å²) in [6.07, 6.45) is 0. The van der Waals surface area contributed by atoms with Gasteiger partial charge in [-0.2, -0.15) is 0 Å². The highest BCUT2D eigenvalue weighted by molar-refractivity contribution is 5.92. The lowest BCUT2D eigenvalue weighted by atomic mass is 10.1. The maximum atomic E-state index is 12.7. The van der Waals surface area contributed by atoms with E-state index in [1.54, 1.807) is 0 Å². The Morgan fingerprint density at radius 2 is 1.25 bits per heavy atom. The zero-order chi connectivity index (χ0) is 19.8. The second-order valence-corrected chi connectivity index (χ2v) is 7.11. The molecule has 3 aromatic rings. The van der Waals surface area contributed by atoms with Gasteiger partial charge in [0.25, 0.3) is 0 Å². The van der Waals surface area contributed by atoms with Gasteiger partial charge >= 0.3 is 0 Å². The average molecular weight is 374 g/mol. The van der Waals surface area contributed by atoms with Crippen LogP contribution < -0.4 is 10.2 Å². The smallest absolute Gasteiger partial charge is 0.238 e. The molecule has 3 rings (SSSR count). The summed E-state index contributed by atoms with van der Waals surface area (Å²) in [6.45, 7) is 1.78. The van der Waals surface area contributed by atoms with Gasteiger partial charge in [-0.3, -0.25) is 9.69 Å². The van der Waals surface area contributed by atoms with E-state index in [1.165, 1.54) is 11.1 Å². The zero-order valence-corrected chi connectivity index (χ0v) is 16.5. The Morgan fingerprint density at radius 1 is 0.750 bits per heavy atom. The van der Waals surface area contributed by atoms with Crippen LogP contribution in [0.25, 0.3) is 0 Å². The molecule has 1 amide bonds. The Morgan fingerprint density at radius 3 is 1.71 bits per heavy atom. The van der Waals surface area contributed by atoms with Gasteiger partial charge in [0.1, 0.15) is 0 Å². The van der Waals surface area contributed by atoms with Crippen LogP contribution in [0.5, 0.6) is 0 Å². The number of amides is 1. The van der Waals surface area contributed by atoms with Gasteiger partial charge in [-0.1, -0.05) is 60.7 Å². The molecular formula is C24H27N3O. The molecule has 0 fully saturated rings. The maximum absolute atomic E-state index is 12.7. The first-order chi connectivity index (χ1) is 13.6. The molecule has 0 atom stereocenters. The van der Waals surface area contributed by atoms with E-state index in [0.29, 0.717) is 6.54 Å². The molecule has 1 N–H and O–H groups in total. The fourth-order valence-corrected chi connectivity index (χ4v) is 3.10. The van der Waals surface area contributed by atoms with E-state index in [9.17, 15) is 4.79 Å². The van der Waals surface area contributed by atoms with Crippen molar-refractivity contribution >= 4 is 17.3 Å². The van der Waals surface area contributed by atoms with Crippen molar-refractivity contribution in [1.29, 1.82) is 0 Å². The van der Waals surface area contributed by atoms with Crippen molar-refractivity contribution in [2.45, 2.75) is 13.1 Å². The SMILES string of the molecule is CN(C)c1ccc(NC(=O)CN(Cc2ccccc2)Cc2ccccc2)cc1. The Kier molecular flexibility index (Phi) is 6.82. The molecule has 0 aliphatic carbocycles. The third-order valence-corrected chi connectivity index (χ3v) is 4.53. The molecule has 0 saturated carbocycles. The first-order valence-electron chi connectivity index (χ1n) is 9.47. The topological polar surface area (TPSA) is 35.6 Å². The van der Waals surface area contributed by atoms with Crippen molar-refractivity contribution in [3.05, 3.63) is 96.1 Å². The van der Waals surface area contributed by atoms with Gasteiger partial charge in [0, 0.05) is 38.6 Å². The largest absolute Gasteiger partial charge is 0.378 e. The molecule has 0 saturated heterocycles. The highest BCUT2D eigenvalue weighted by Gasteiger charge is 2.12. The van der Waals surface area contributed by atoms with Crippen LogP contribution in [0.1, 0.15) is 11.1 Å². The predicted octanol–water partition coefficient (Wildman–Crippen LogP) is 4.39. The average Bonchev–Trinajstić information content (AvgIpc) is 2.70. The Labute approximate surface area is 167 Å². The Bertz CT molecular complexity index is 820. The molecule has 0 bridgehead atoms. The third kappa shape index (κ3) is 5.96. The fraction of sp³-hybridized carbons (Fsp3) is 0.208. The number of rotatable bonds is 8. The quantitative estimate of drug-likeness (QED) is 0.636. The van der Waals surface area contributed by atoms with E-state index in [0.717, 1.165) is 24.5 Å². The number of benzene rings is 3. The monoisotopic (exact) mass is 373 g/mol. The zero-order valence-electron chi connectivity index (χ0n) is 16.5. The maximum Gasteiger partial charge on any atom is 0.238 e. The van der Waals surface area contributed by atoms with Crippen molar-refractivity contribution in [1.82, 2.24) is 4.90 Å². The number of carbonyl (C=O) groups excluding carboxylic acids is 1. The molecule has 0 aromatic heterocycles. The van der Waals surface area contributed by atoms with Crippen molar-refractivity contribution in [3.8, 4) is 0 Å². The molecule has 0 spiro atoms. The van der Waals surface area contributed by atoms with E-state index in [-0.39, 0.29) is 5.91 Å². The van der Waals surface area contributed by atoms with Gasteiger partial charge in [-0.05, 0) is 35.4 Å². The third-order valence-electron chi connectivity index (χ3n) is 4.53. The minimum absolute atomic E-state index is 0.00975. The van der Waals surface area contributed by atoms with Gasteiger partial charge in [-0.15, -0.1) is 0 Å². The highest BCUT2D eigenvalue weighted by atomic mass is 16.2. The molecule has 0 radical (unpaired) electrons. The molecule has 0 aliphatic heterocycles. The van der Waals surface area contributed by atoms with Gasteiger partial charge in [-0.25, -0.2) is 0 Å². The summed E-state index contributed by atoms with van der Waals surface area (Å²) in [5, 5.41) is 3.01. The molecule has 28 heavy (non-hydrogen) atoms. The van der Waals surface area contributed by atoms with Crippen LogP contribution in [-0.2, 0) is 17.9 Å². The lowest BCUT2D eigenvalue weighted by Gasteiger charge is -2.22. The molecule has 4 nitrogen and oxygen atoms in total. The van der Waals surface area contributed by atoms with E-state index in [2.05, 4.69) is 34.5 Å². The number of nitrogens with zero attached hydrogens (tertiary/aromatic N) is 2. The second kappa shape index (κ2) is 9.72. The van der Waals surface area contributed by atoms with Crippen molar-refractivity contribution in [2.75, 3.05) is 30.9 Å². The summed E-state index contributed by atoms with van der Waals surface area (Å²) in [7, 11) is 4.00.